The number of fused-ring (bicyclic) bond motifs is 1. The molecule has 0 unspecified atom stereocenters. The summed E-state index contributed by atoms with van der Waals surface area (Å²) in [6.07, 6.45) is -2.74. The number of alkyl halides is 2. The molecule has 0 saturated heterocycles. The Morgan fingerprint density at radius 2 is 1.87 bits per heavy atom. The van der Waals surface area contributed by atoms with E-state index in [1.54, 1.807) is 12.1 Å². The van der Waals surface area contributed by atoms with Gasteiger partial charge in [-0.2, -0.15) is 0 Å². The first-order chi connectivity index (χ1) is 7.08. The first kappa shape index (κ1) is 10.5. The second-order valence-corrected chi connectivity index (χ2v) is 3.63. The maximum Gasteiger partial charge on any atom is 0.297 e. The van der Waals surface area contributed by atoms with Crippen LogP contribution in [0.3, 0.4) is 0 Å². The van der Waals surface area contributed by atoms with E-state index in [2.05, 4.69) is 9.97 Å². The summed E-state index contributed by atoms with van der Waals surface area (Å²) >= 11 is 11.4. The summed E-state index contributed by atoms with van der Waals surface area (Å²) in [5.41, 5.74) is 0.317. The van der Waals surface area contributed by atoms with Crippen molar-refractivity contribution in [3.8, 4) is 0 Å². The van der Waals surface area contributed by atoms with Crippen LogP contribution in [0.5, 0.6) is 0 Å². The summed E-state index contributed by atoms with van der Waals surface area (Å²) in [6, 6.07) is 4.66. The van der Waals surface area contributed by atoms with Gasteiger partial charge in [0.05, 0.1) is 5.52 Å². The third-order valence-electron chi connectivity index (χ3n) is 1.82. The predicted molar refractivity (Wildman–Crippen MR) is 54.5 cm³/mol. The molecule has 0 fully saturated rings. The standard InChI is InChI=1S/C9H4Cl2F2N2/c10-4-1-2-5-6(3-4)14-9(8(12)13)15-7(5)11/h1-3,8H. The molecule has 0 amide bonds. The van der Waals surface area contributed by atoms with Crippen LogP contribution in [0, 0.1) is 0 Å². The van der Waals surface area contributed by atoms with E-state index in [9.17, 15) is 8.78 Å². The fourth-order valence-electron chi connectivity index (χ4n) is 1.18. The first-order valence-electron chi connectivity index (χ1n) is 3.99. The fraction of sp³-hybridized carbons (Fsp3) is 0.111. The second-order valence-electron chi connectivity index (χ2n) is 2.83. The van der Waals surface area contributed by atoms with Crippen LogP contribution in [0.2, 0.25) is 10.2 Å². The highest BCUT2D eigenvalue weighted by molar-refractivity contribution is 6.35. The number of hydrogen-bond acceptors (Lipinski definition) is 2. The van der Waals surface area contributed by atoms with Crippen molar-refractivity contribution in [1.29, 1.82) is 0 Å². The van der Waals surface area contributed by atoms with Crippen LogP contribution in [-0.2, 0) is 0 Å². The second kappa shape index (κ2) is 3.87. The zero-order valence-corrected chi connectivity index (χ0v) is 8.73. The number of rotatable bonds is 1. The van der Waals surface area contributed by atoms with E-state index >= 15 is 0 Å². The van der Waals surface area contributed by atoms with Crippen molar-refractivity contribution in [2.45, 2.75) is 6.43 Å². The van der Waals surface area contributed by atoms with Gasteiger partial charge in [0.2, 0.25) is 0 Å². The van der Waals surface area contributed by atoms with Gasteiger partial charge in [-0.05, 0) is 18.2 Å². The van der Waals surface area contributed by atoms with Gasteiger partial charge in [-0.15, -0.1) is 0 Å². The number of aromatic nitrogens is 2. The van der Waals surface area contributed by atoms with E-state index in [1.165, 1.54) is 6.07 Å². The smallest absolute Gasteiger partial charge is 0.227 e. The van der Waals surface area contributed by atoms with Crippen LogP contribution in [-0.4, -0.2) is 9.97 Å². The Bertz CT molecular complexity index is 517. The monoisotopic (exact) mass is 248 g/mol. The zero-order valence-electron chi connectivity index (χ0n) is 7.22. The summed E-state index contributed by atoms with van der Waals surface area (Å²) in [7, 11) is 0. The Hall–Kier alpha value is -1.00. The van der Waals surface area contributed by atoms with Crippen molar-refractivity contribution < 1.29 is 8.78 Å². The van der Waals surface area contributed by atoms with Crippen molar-refractivity contribution >= 4 is 34.1 Å². The lowest BCUT2D eigenvalue weighted by Crippen LogP contribution is -1.96. The number of benzene rings is 1. The van der Waals surface area contributed by atoms with Crippen LogP contribution in [0.4, 0.5) is 8.78 Å². The summed E-state index contributed by atoms with van der Waals surface area (Å²) in [5, 5.41) is 0.926. The Morgan fingerprint density at radius 1 is 1.13 bits per heavy atom. The largest absolute Gasteiger partial charge is 0.297 e. The van der Waals surface area contributed by atoms with E-state index in [-0.39, 0.29) is 5.15 Å². The lowest BCUT2D eigenvalue weighted by Gasteiger charge is -2.03. The molecule has 1 aromatic heterocycles. The molecule has 0 aliphatic heterocycles. The minimum Gasteiger partial charge on any atom is -0.227 e. The van der Waals surface area contributed by atoms with Gasteiger partial charge in [-0.3, -0.25) is 0 Å². The van der Waals surface area contributed by atoms with Gasteiger partial charge in [-0.25, -0.2) is 18.7 Å². The summed E-state index contributed by atoms with van der Waals surface area (Å²) in [6.45, 7) is 0. The van der Waals surface area contributed by atoms with E-state index in [4.69, 9.17) is 23.2 Å². The third kappa shape index (κ3) is 2.01. The van der Waals surface area contributed by atoms with Crippen molar-refractivity contribution in [2.75, 3.05) is 0 Å². The van der Waals surface area contributed by atoms with Crippen LogP contribution < -0.4 is 0 Å². The van der Waals surface area contributed by atoms with Crippen molar-refractivity contribution in [3.05, 3.63) is 34.2 Å². The van der Waals surface area contributed by atoms with Crippen LogP contribution in [0.1, 0.15) is 12.2 Å². The minimum absolute atomic E-state index is 0.00645. The topological polar surface area (TPSA) is 25.8 Å². The van der Waals surface area contributed by atoms with Gasteiger partial charge in [0, 0.05) is 10.4 Å². The SMILES string of the molecule is FC(F)c1nc(Cl)c2ccc(Cl)cc2n1. The Labute approximate surface area is 93.9 Å². The van der Waals surface area contributed by atoms with Gasteiger partial charge in [-0.1, -0.05) is 23.2 Å². The molecule has 15 heavy (non-hydrogen) atoms. The Kier molecular flexibility index (Phi) is 2.71. The first-order valence-corrected chi connectivity index (χ1v) is 4.74. The van der Waals surface area contributed by atoms with E-state index in [0.29, 0.717) is 15.9 Å². The Balaban J connectivity index is 2.74. The van der Waals surface area contributed by atoms with Gasteiger partial charge in [0.1, 0.15) is 5.15 Å². The molecule has 2 aromatic rings. The summed E-state index contributed by atoms with van der Waals surface area (Å²) < 4.78 is 24.7. The fourth-order valence-corrected chi connectivity index (χ4v) is 1.59. The molecular weight excluding hydrogens is 245 g/mol. The molecule has 78 valence electrons. The number of hydrogen-bond donors (Lipinski definition) is 0. The maximum absolute atomic E-state index is 12.4. The lowest BCUT2D eigenvalue weighted by atomic mass is 10.2. The molecule has 6 heteroatoms. The highest BCUT2D eigenvalue weighted by Gasteiger charge is 2.14. The van der Waals surface area contributed by atoms with Gasteiger partial charge >= 0.3 is 0 Å². The molecule has 0 spiro atoms. The molecule has 0 bridgehead atoms. The molecule has 0 radical (unpaired) electrons. The van der Waals surface area contributed by atoms with Crippen LogP contribution in [0.25, 0.3) is 10.9 Å². The highest BCUT2D eigenvalue weighted by Crippen LogP contribution is 2.26. The molecule has 2 rings (SSSR count). The summed E-state index contributed by atoms with van der Waals surface area (Å²) in [5.74, 6) is -0.588. The average molecular weight is 249 g/mol. The van der Waals surface area contributed by atoms with Crippen molar-refractivity contribution in [1.82, 2.24) is 9.97 Å². The predicted octanol–water partition coefficient (Wildman–Crippen LogP) is 3.87. The third-order valence-corrected chi connectivity index (χ3v) is 2.35. The van der Waals surface area contributed by atoms with Crippen LogP contribution in [0.15, 0.2) is 18.2 Å². The maximum atomic E-state index is 12.4. The summed E-state index contributed by atoms with van der Waals surface area (Å²) in [4.78, 5) is 7.16. The molecule has 0 aliphatic rings. The van der Waals surface area contributed by atoms with Gasteiger partial charge in [0.15, 0.2) is 5.82 Å². The molecule has 1 aromatic carbocycles. The molecule has 0 N–H and O–H groups in total. The molecule has 1 heterocycles. The van der Waals surface area contributed by atoms with Gasteiger partial charge < -0.3 is 0 Å². The van der Waals surface area contributed by atoms with Crippen molar-refractivity contribution in [2.24, 2.45) is 0 Å². The number of nitrogens with zero attached hydrogens (tertiary/aromatic N) is 2. The molecule has 2 nitrogen and oxygen atoms in total. The zero-order chi connectivity index (χ0) is 11.0. The Morgan fingerprint density at radius 3 is 2.53 bits per heavy atom. The minimum atomic E-state index is -2.74. The normalized spacial score (nSPS) is 11.3. The van der Waals surface area contributed by atoms with E-state index in [1.807, 2.05) is 0 Å². The van der Waals surface area contributed by atoms with Crippen LogP contribution >= 0.6 is 23.2 Å². The number of halogens is 4. The van der Waals surface area contributed by atoms with Crippen molar-refractivity contribution in [3.63, 3.8) is 0 Å². The molecule has 0 aliphatic carbocycles. The van der Waals surface area contributed by atoms with E-state index < -0.39 is 12.2 Å². The highest BCUT2D eigenvalue weighted by atomic mass is 35.5. The molecule has 0 atom stereocenters. The average Bonchev–Trinajstić information content (AvgIpc) is 2.16. The molecule has 0 saturated carbocycles. The molecular formula is C9H4Cl2F2N2. The quantitative estimate of drug-likeness (QED) is 0.717. The lowest BCUT2D eigenvalue weighted by molar-refractivity contribution is 0.141. The van der Waals surface area contributed by atoms with Gasteiger partial charge in [0.25, 0.3) is 6.43 Å². The van der Waals surface area contributed by atoms with E-state index in [0.717, 1.165) is 0 Å².